The van der Waals surface area contributed by atoms with E-state index in [0.29, 0.717) is 0 Å². The topological polar surface area (TPSA) is 32.7 Å². The first-order valence-corrected chi connectivity index (χ1v) is 4.62. The molecule has 1 atom stereocenters. The van der Waals surface area contributed by atoms with Crippen molar-refractivity contribution in [2.45, 2.75) is 6.92 Å². The third kappa shape index (κ3) is 6.92. The largest absolute Gasteiger partial charge is 0.366 e. The number of nitrogens with zero attached hydrogens (tertiary/aromatic N) is 2. The molecule has 0 aromatic heterocycles. The third-order valence-corrected chi connectivity index (χ3v) is 1.60. The van der Waals surface area contributed by atoms with Crippen molar-refractivity contribution in [1.82, 2.24) is 4.90 Å². The van der Waals surface area contributed by atoms with Crippen LogP contribution in [0.2, 0.25) is 0 Å². The van der Waals surface area contributed by atoms with Gasteiger partial charge in [-0.15, -0.1) is 0 Å². The molecule has 5 heteroatoms. The molecule has 0 N–H and O–H groups in total. The van der Waals surface area contributed by atoms with Gasteiger partial charge >= 0.3 is 0 Å². The summed E-state index contributed by atoms with van der Waals surface area (Å²) in [6.45, 7) is 3.46. The van der Waals surface area contributed by atoms with Gasteiger partial charge in [0.1, 0.15) is 5.84 Å². The summed E-state index contributed by atoms with van der Waals surface area (Å²) < 4.78 is 14.4. The maximum atomic E-state index is 10.5. The van der Waals surface area contributed by atoms with Crippen molar-refractivity contribution < 1.29 is 37.3 Å². The Hall–Kier alpha value is 0.804. The van der Waals surface area contributed by atoms with Crippen LogP contribution < -0.4 is 0 Å². The molecule has 0 rings (SSSR count). The van der Waals surface area contributed by atoms with Gasteiger partial charge in [0, 0.05) is 53.5 Å². The predicted octanol–water partition coefficient (Wildman–Crippen LogP) is 1.07. The molecule has 0 saturated heterocycles. The zero-order valence-corrected chi connectivity index (χ0v) is 10.7. The van der Waals surface area contributed by atoms with Crippen molar-refractivity contribution in [2.75, 3.05) is 20.8 Å². The fraction of sp³-hybridized carbons (Fsp3) is 0.800. The van der Waals surface area contributed by atoms with Crippen molar-refractivity contribution in [1.29, 1.82) is 0 Å². The molecule has 0 amide bonds. The van der Waals surface area contributed by atoms with Crippen molar-refractivity contribution >= 4 is 13.8 Å². The summed E-state index contributed by atoms with van der Waals surface area (Å²) in [7, 11) is 2.08. The average molecular weight is 237 g/mol. The Morgan fingerprint density at radius 1 is 1.50 bits per heavy atom. The van der Waals surface area contributed by atoms with Gasteiger partial charge in [-0.1, -0.05) is 0 Å². The van der Waals surface area contributed by atoms with Gasteiger partial charge in [0.15, 0.2) is 7.95 Å². The van der Waals surface area contributed by atoms with E-state index in [4.69, 9.17) is 0 Å². The molecule has 0 aromatic carbocycles. The van der Waals surface area contributed by atoms with Crippen molar-refractivity contribution in [3.63, 3.8) is 0 Å². The van der Waals surface area contributed by atoms with Gasteiger partial charge in [-0.2, -0.15) is 0 Å². The Morgan fingerprint density at radius 3 is 2.00 bits per heavy atom. The summed E-state index contributed by atoms with van der Waals surface area (Å²) in [5.74, 6) is 0.821. The van der Waals surface area contributed by atoms with Crippen LogP contribution in [0, 0.1) is 0 Å². The number of hydrogen-bond acceptors (Lipinski definition) is 1. The maximum Gasteiger partial charge on any atom is 0.177 e. The molecule has 3 nitrogen and oxygen atoms in total. The molecule has 57 valence electrons. The Labute approximate surface area is 88.0 Å². The van der Waals surface area contributed by atoms with Crippen LogP contribution in [0.4, 0.5) is 0 Å². The molecule has 0 aliphatic carbocycles. The standard InChI is InChI=1S/C5H13N2OP.Y/c1-5(7(2)3)6-9(4)8;/h9H,1-4H3;. The van der Waals surface area contributed by atoms with Crippen LogP contribution >= 0.6 is 7.95 Å². The molecule has 0 saturated carbocycles. The van der Waals surface area contributed by atoms with E-state index in [-0.39, 0.29) is 32.7 Å². The smallest absolute Gasteiger partial charge is 0.177 e. The van der Waals surface area contributed by atoms with Crippen LogP contribution in [0.1, 0.15) is 6.92 Å². The first-order valence-electron chi connectivity index (χ1n) is 2.77. The summed E-state index contributed by atoms with van der Waals surface area (Å²) in [6.07, 6.45) is 0. The molecule has 0 aliphatic heterocycles. The van der Waals surface area contributed by atoms with Gasteiger partial charge in [-0.3, -0.25) is 0 Å². The van der Waals surface area contributed by atoms with Crippen LogP contribution in [0.25, 0.3) is 0 Å². The first kappa shape index (κ1) is 13.4. The molecular weight excluding hydrogens is 224 g/mol. The number of amidine groups is 1. The summed E-state index contributed by atoms with van der Waals surface area (Å²) in [5, 5.41) is 0. The van der Waals surface area contributed by atoms with E-state index < -0.39 is 7.95 Å². The van der Waals surface area contributed by atoms with Crippen LogP contribution in [-0.2, 0) is 37.3 Å². The van der Waals surface area contributed by atoms with E-state index in [2.05, 4.69) is 4.76 Å². The van der Waals surface area contributed by atoms with E-state index >= 15 is 0 Å². The summed E-state index contributed by atoms with van der Waals surface area (Å²) in [6, 6.07) is 0. The molecule has 0 bridgehead atoms. The molecular formula is C5H13N2OPY. The van der Waals surface area contributed by atoms with Crippen molar-refractivity contribution in [3.8, 4) is 0 Å². The molecule has 1 unspecified atom stereocenters. The minimum atomic E-state index is -1.68. The zero-order chi connectivity index (χ0) is 7.44. The minimum absolute atomic E-state index is 0. The molecule has 0 aliphatic rings. The maximum absolute atomic E-state index is 10.5. The Balaban J connectivity index is 0. The average Bonchev–Trinajstić information content (AvgIpc) is 1.63. The number of hydrogen-bond donors (Lipinski definition) is 0. The number of rotatable bonds is 1. The molecule has 1 radical (unpaired) electrons. The van der Waals surface area contributed by atoms with Crippen LogP contribution in [-0.4, -0.2) is 31.5 Å². The van der Waals surface area contributed by atoms with Gasteiger partial charge in [-0.25, -0.2) is 4.76 Å². The Kier molecular flexibility index (Phi) is 8.72. The summed E-state index contributed by atoms with van der Waals surface area (Å²) in [5.41, 5.74) is 0. The van der Waals surface area contributed by atoms with Crippen LogP contribution in [0.3, 0.4) is 0 Å². The van der Waals surface area contributed by atoms with Crippen molar-refractivity contribution in [2.24, 2.45) is 4.76 Å². The Bertz CT molecular complexity index is 147. The van der Waals surface area contributed by atoms with E-state index in [1.54, 1.807) is 6.66 Å². The second kappa shape index (κ2) is 6.51. The minimum Gasteiger partial charge on any atom is -0.366 e. The summed E-state index contributed by atoms with van der Waals surface area (Å²) >= 11 is 0. The molecule has 0 heterocycles. The molecule has 0 aromatic rings. The van der Waals surface area contributed by atoms with Gasteiger partial charge in [0.05, 0.1) is 0 Å². The fourth-order valence-electron chi connectivity index (χ4n) is 0.328. The SMILES string of the molecule is CC(=N[PH](C)=O)N(C)C.[Y]. The first-order chi connectivity index (χ1) is 4.04. The zero-order valence-electron chi connectivity index (χ0n) is 6.88. The fourth-order valence-corrected chi connectivity index (χ4v) is 0.984. The predicted molar refractivity (Wildman–Crippen MR) is 41.7 cm³/mol. The second-order valence-electron chi connectivity index (χ2n) is 2.07. The second-order valence-corrected chi connectivity index (χ2v) is 3.33. The summed E-state index contributed by atoms with van der Waals surface area (Å²) in [4.78, 5) is 1.84. The Morgan fingerprint density at radius 2 is 1.90 bits per heavy atom. The van der Waals surface area contributed by atoms with E-state index in [0.717, 1.165) is 5.84 Å². The van der Waals surface area contributed by atoms with E-state index in [9.17, 15) is 4.57 Å². The van der Waals surface area contributed by atoms with Crippen molar-refractivity contribution in [3.05, 3.63) is 0 Å². The molecule has 0 spiro atoms. The van der Waals surface area contributed by atoms with Gasteiger partial charge in [0.25, 0.3) is 0 Å². The quantitative estimate of drug-likeness (QED) is 0.388. The van der Waals surface area contributed by atoms with Gasteiger partial charge < -0.3 is 9.46 Å². The molecule has 0 fully saturated rings. The third-order valence-electron chi connectivity index (χ3n) is 0.966. The van der Waals surface area contributed by atoms with Crippen LogP contribution in [0.15, 0.2) is 4.76 Å². The molecule has 10 heavy (non-hydrogen) atoms. The van der Waals surface area contributed by atoms with Gasteiger partial charge in [0.2, 0.25) is 0 Å². The van der Waals surface area contributed by atoms with Gasteiger partial charge in [-0.05, 0) is 6.92 Å². The van der Waals surface area contributed by atoms with Crippen LogP contribution in [0.5, 0.6) is 0 Å². The van der Waals surface area contributed by atoms with E-state index in [1.807, 2.05) is 25.9 Å². The normalized spacial score (nSPS) is 13.8. The monoisotopic (exact) mass is 237 g/mol. The van der Waals surface area contributed by atoms with E-state index in [1.165, 1.54) is 0 Å².